The maximum atomic E-state index is 13.5. The Morgan fingerprint density at radius 1 is 1.03 bits per heavy atom. The van der Waals surface area contributed by atoms with Crippen LogP contribution in [0.1, 0.15) is 21.7 Å². The minimum Gasteiger partial charge on any atom is -0.367 e. The van der Waals surface area contributed by atoms with Crippen LogP contribution in [0.2, 0.25) is 0 Å². The number of nitrogens with zero attached hydrogens (tertiary/aromatic N) is 2. The summed E-state index contributed by atoms with van der Waals surface area (Å²) in [6.07, 6.45) is 0. The number of carbonyl (C=O) groups excluding carboxylic acids is 1. The fourth-order valence-electron chi connectivity index (χ4n) is 3.34. The number of carbonyl (C=O) groups is 1. The lowest BCUT2D eigenvalue weighted by Crippen LogP contribution is -2.26. The molecule has 1 heterocycles. The van der Waals surface area contributed by atoms with E-state index in [4.69, 9.17) is 5.14 Å². The zero-order valence-electron chi connectivity index (χ0n) is 16.7. The average Bonchev–Trinajstić information content (AvgIpc) is 2.97. The Kier molecular flexibility index (Phi) is 5.78. The number of aryl methyl sites for hydroxylation is 1. The highest BCUT2D eigenvalue weighted by molar-refractivity contribution is 7.89. The minimum absolute atomic E-state index is 0.00170. The number of likely N-dealkylation sites (N-methyl/N-ethyl adjacent to an activating group) is 1. The fraction of sp³-hybridized carbons (Fsp3) is 0.190. The van der Waals surface area contributed by atoms with Gasteiger partial charge in [0.25, 0.3) is 0 Å². The molecule has 6 nitrogen and oxygen atoms in total. The molecule has 0 fully saturated rings. The molecule has 0 spiro atoms. The number of hydrogen-bond donors (Lipinski definition) is 1. The third kappa shape index (κ3) is 4.27. The van der Waals surface area contributed by atoms with Crippen molar-refractivity contribution in [3.63, 3.8) is 0 Å². The summed E-state index contributed by atoms with van der Waals surface area (Å²) >= 11 is 0. The summed E-state index contributed by atoms with van der Waals surface area (Å²) in [5.74, 6) is -2.12. The van der Waals surface area contributed by atoms with Gasteiger partial charge in [0, 0.05) is 41.4 Å². The molecule has 0 saturated carbocycles. The molecule has 0 unspecified atom stereocenters. The third-order valence-electron chi connectivity index (χ3n) is 4.88. The Morgan fingerprint density at radius 2 is 1.67 bits per heavy atom. The lowest BCUT2D eigenvalue weighted by Gasteiger charge is -2.18. The normalized spacial score (nSPS) is 11.5. The molecular weight excluding hydrogens is 412 g/mol. The van der Waals surface area contributed by atoms with Crippen molar-refractivity contribution in [2.75, 3.05) is 18.5 Å². The zero-order valence-corrected chi connectivity index (χ0v) is 17.5. The van der Waals surface area contributed by atoms with Crippen LogP contribution in [0.4, 0.5) is 14.5 Å². The van der Waals surface area contributed by atoms with Gasteiger partial charge in [-0.1, -0.05) is 0 Å². The highest BCUT2D eigenvalue weighted by atomic mass is 32.2. The number of primary sulfonamides is 1. The Labute approximate surface area is 173 Å². The van der Waals surface area contributed by atoms with Gasteiger partial charge >= 0.3 is 0 Å². The fourth-order valence-corrected chi connectivity index (χ4v) is 3.86. The molecule has 0 aliphatic heterocycles. The summed E-state index contributed by atoms with van der Waals surface area (Å²) < 4.78 is 51.3. The van der Waals surface area contributed by atoms with E-state index < -0.39 is 21.7 Å². The number of anilines is 1. The van der Waals surface area contributed by atoms with Gasteiger partial charge in [-0.25, -0.2) is 22.3 Å². The van der Waals surface area contributed by atoms with E-state index in [1.165, 1.54) is 23.1 Å². The van der Waals surface area contributed by atoms with Crippen molar-refractivity contribution >= 4 is 21.5 Å². The van der Waals surface area contributed by atoms with E-state index in [0.29, 0.717) is 22.6 Å². The van der Waals surface area contributed by atoms with Crippen LogP contribution >= 0.6 is 0 Å². The van der Waals surface area contributed by atoms with Crippen LogP contribution in [0.25, 0.3) is 5.69 Å². The quantitative estimate of drug-likeness (QED) is 0.604. The number of Topliss-reactive ketones (excluding diaryl/α,β-unsaturated/α-hetero) is 1. The molecule has 0 aliphatic rings. The monoisotopic (exact) mass is 433 g/mol. The van der Waals surface area contributed by atoms with Crippen molar-refractivity contribution in [3.05, 3.63) is 77.1 Å². The second-order valence-corrected chi connectivity index (χ2v) is 8.60. The van der Waals surface area contributed by atoms with Crippen LogP contribution in [0.5, 0.6) is 0 Å². The first-order valence-corrected chi connectivity index (χ1v) is 10.5. The van der Waals surface area contributed by atoms with E-state index in [1.54, 1.807) is 32.2 Å². The second-order valence-electron chi connectivity index (χ2n) is 7.04. The van der Waals surface area contributed by atoms with E-state index in [1.807, 2.05) is 11.5 Å². The highest BCUT2D eigenvalue weighted by Crippen LogP contribution is 2.23. The Morgan fingerprint density at radius 3 is 2.23 bits per heavy atom. The largest absolute Gasteiger partial charge is 0.367 e. The number of benzene rings is 2. The maximum Gasteiger partial charge on any atom is 0.238 e. The summed E-state index contributed by atoms with van der Waals surface area (Å²) in [6, 6.07) is 11.2. The van der Waals surface area contributed by atoms with Crippen molar-refractivity contribution in [3.8, 4) is 5.69 Å². The molecule has 30 heavy (non-hydrogen) atoms. The third-order valence-corrected chi connectivity index (χ3v) is 5.81. The molecule has 0 bridgehead atoms. The number of ketones is 1. The molecule has 0 atom stereocenters. The molecule has 0 radical (unpaired) electrons. The van der Waals surface area contributed by atoms with Crippen molar-refractivity contribution in [2.45, 2.75) is 18.7 Å². The maximum absolute atomic E-state index is 13.5. The van der Waals surface area contributed by atoms with E-state index in [9.17, 15) is 22.0 Å². The molecule has 2 aromatic carbocycles. The van der Waals surface area contributed by atoms with E-state index >= 15 is 0 Å². The van der Waals surface area contributed by atoms with Gasteiger partial charge < -0.3 is 9.47 Å². The molecule has 158 valence electrons. The van der Waals surface area contributed by atoms with E-state index in [-0.39, 0.29) is 17.2 Å². The van der Waals surface area contributed by atoms with Gasteiger partial charge in [0.1, 0.15) is 0 Å². The van der Waals surface area contributed by atoms with E-state index in [2.05, 4.69) is 0 Å². The summed E-state index contributed by atoms with van der Waals surface area (Å²) in [5.41, 5.74) is 3.02. The van der Waals surface area contributed by atoms with Crippen LogP contribution in [-0.4, -0.2) is 32.4 Å². The Hall–Kier alpha value is -3.04. The lowest BCUT2D eigenvalue weighted by atomic mass is 10.1. The molecule has 1 aromatic heterocycles. The van der Waals surface area contributed by atoms with Crippen LogP contribution < -0.4 is 10.0 Å². The van der Waals surface area contributed by atoms with Gasteiger partial charge in [-0.05, 0) is 56.3 Å². The van der Waals surface area contributed by atoms with Crippen molar-refractivity contribution in [1.29, 1.82) is 0 Å². The highest BCUT2D eigenvalue weighted by Gasteiger charge is 2.19. The van der Waals surface area contributed by atoms with Crippen LogP contribution in [-0.2, 0) is 10.0 Å². The summed E-state index contributed by atoms with van der Waals surface area (Å²) in [6.45, 7) is 3.58. The number of nitrogens with two attached hydrogens (primary N) is 1. The van der Waals surface area contributed by atoms with Crippen molar-refractivity contribution < 1.29 is 22.0 Å². The summed E-state index contributed by atoms with van der Waals surface area (Å²) in [7, 11) is -2.17. The predicted molar refractivity (Wildman–Crippen MR) is 111 cm³/mol. The number of hydrogen-bond acceptors (Lipinski definition) is 4. The number of aromatic nitrogens is 1. The zero-order chi connectivity index (χ0) is 22.2. The lowest BCUT2D eigenvalue weighted by molar-refractivity contribution is 0.0999. The van der Waals surface area contributed by atoms with Gasteiger partial charge in [-0.3, -0.25) is 4.79 Å². The van der Waals surface area contributed by atoms with Gasteiger partial charge in [0.15, 0.2) is 17.4 Å². The van der Waals surface area contributed by atoms with Gasteiger partial charge in [0.05, 0.1) is 11.4 Å². The van der Waals surface area contributed by atoms with Crippen LogP contribution in [0, 0.1) is 25.5 Å². The molecule has 3 rings (SSSR count). The van der Waals surface area contributed by atoms with Gasteiger partial charge in [0.2, 0.25) is 10.0 Å². The number of sulfonamides is 1. The standard InChI is InChI=1S/C21H21F2N3O3S/c1-13-10-18(21(27)12-25(3)16-6-9-19(22)20(23)11-16)14(2)26(13)15-4-7-17(8-5-15)30(24,28)29/h4-11H,12H2,1-3H3,(H2,24,28,29). The molecule has 0 amide bonds. The van der Waals surface area contributed by atoms with Crippen LogP contribution in [0.15, 0.2) is 53.4 Å². The van der Waals surface area contributed by atoms with E-state index in [0.717, 1.165) is 17.8 Å². The molecular formula is C21H21F2N3O3S. The van der Waals surface area contributed by atoms with Crippen LogP contribution in [0.3, 0.4) is 0 Å². The summed E-state index contributed by atoms with van der Waals surface area (Å²) in [4.78, 5) is 14.4. The molecule has 2 N–H and O–H groups in total. The summed E-state index contributed by atoms with van der Waals surface area (Å²) in [5, 5.41) is 5.13. The number of rotatable bonds is 6. The molecule has 3 aromatic rings. The van der Waals surface area contributed by atoms with Gasteiger partial charge in [-0.15, -0.1) is 0 Å². The van der Waals surface area contributed by atoms with Gasteiger partial charge in [-0.2, -0.15) is 0 Å². The Bertz CT molecular complexity index is 1220. The van der Waals surface area contributed by atoms with Crippen molar-refractivity contribution in [2.24, 2.45) is 5.14 Å². The van der Waals surface area contributed by atoms with Crippen molar-refractivity contribution in [1.82, 2.24) is 4.57 Å². The number of halogens is 2. The average molecular weight is 433 g/mol. The first kappa shape index (κ1) is 21.7. The first-order valence-electron chi connectivity index (χ1n) is 9.00. The molecule has 0 aliphatic carbocycles. The Balaban J connectivity index is 1.87. The smallest absolute Gasteiger partial charge is 0.238 e. The molecule has 9 heteroatoms. The topological polar surface area (TPSA) is 85.4 Å². The predicted octanol–water partition coefficient (Wildman–Crippen LogP) is 3.34. The minimum atomic E-state index is -3.79. The first-order chi connectivity index (χ1) is 14.0. The SMILES string of the molecule is Cc1cc(C(=O)CN(C)c2ccc(F)c(F)c2)c(C)n1-c1ccc(S(N)(=O)=O)cc1. The molecule has 0 saturated heterocycles. The second kappa shape index (κ2) is 8.00.